The summed E-state index contributed by atoms with van der Waals surface area (Å²) in [5.41, 5.74) is 0.953. The van der Waals surface area contributed by atoms with Crippen molar-refractivity contribution in [2.24, 2.45) is 0 Å². The van der Waals surface area contributed by atoms with Crippen LogP contribution < -0.4 is 15.0 Å². The molecule has 1 heterocycles. The zero-order valence-corrected chi connectivity index (χ0v) is 15.4. The van der Waals surface area contributed by atoms with E-state index in [1.807, 2.05) is 0 Å². The molecule has 1 N–H and O–H groups in total. The number of alkyl halides is 2. The van der Waals surface area contributed by atoms with Crippen molar-refractivity contribution in [3.8, 4) is 5.75 Å². The number of para-hydroxylation sites is 2. The average Bonchev–Trinajstić information content (AvgIpc) is 2.79. The standard InChI is InChI=1S/C20H18F2N2O5/c1-12-9-17(25)23-15-7-2-3-8-16(15)24(12)18(26)11-28-19(27)13-5-4-6-14(10-13)29-20(21)22/h2-8,10,12,20H,9,11H2,1H3,(H,23,25)/t12-/m1/s1. The number of hydrogen-bond acceptors (Lipinski definition) is 5. The molecular weight excluding hydrogens is 386 g/mol. The second-order valence-corrected chi connectivity index (χ2v) is 6.36. The summed E-state index contributed by atoms with van der Waals surface area (Å²) in [6, 6.07) is 11.5. The van der Waals surface area contributed by atoms with Crippen molar-refractivity contribution < 1.29 is 32.6 Å². The number of fused-ring (bicyclic) bond motifs is 1. The fourth-order valence-electron chi connectivity index (χ4n) is 3.05. The third-order valence-electron chi connectivity index (χ3n) is 4.25. The number of amides is 2. The predicted octanol–water partition coefficient (Wildman–Crippen LogP) is 3.21. The summed E-state index contributed by atoms with van der Waals surface area (Å²) in [4.78, 5) is 38.4. The molecule has 0 aliphatic carbocycles. The van der Waals surface area contributed by atoms with E-state index < -0.39 is 31.1 Å². The van der Waals surface area contributed by atoms with E-state index in [1.54, 1.807) is 31.2 Å². The molecule has 0 saturated heterocycles. The molecule has 1 atom stereocenters. The minimum absolute atomic E-state index is 0.0305. The average molecular weight is 404 g/mol. The first kappa shape index (κ1) is 20.2. The third-order valence-corrected chi connectivity index (χ3v) is 4.25. The Balaban J connectivity index is 1.72. The van der Waals surface area contributed by atoms with Crippen molar-refractivity contribution in [3.63, 3.8) is 0 Å². The van der Waals surface area contributed by atoms with Gasteiger partial charge >= 0.3 is 12.6 Å². The van der Waals surface area contributed by atoms with Gasteiger partial charge in [-0.2, -0.15) is 8.78 Å². The second-order valence-electron chi connectivity index (χ2n) is 6.36. The van der Waals surface area contributed by atoms with Crippen LogP contribution in [0.25, 0.3) is 0 Å². The van der Waals surface area contributed by atoms with E-state index >= 15 is 0 Å². The molecule has 9 heteroatoms. The van der Waals surface area contributed by atoms with E-state index in [0.717, 1.165) is 6.07 Å². The lowest BCUT2D eigenvalue weighted by Crippen LogP contribution is -2.41. The van der Waals surface area contributed by atoms with Crippen LogP contribution in [0.2, 0.25) is 0 Å². The first-order valence-electron chi connectivity index (χ1n) is 8.78. The van der Waals surface area contributed by atoms with Crippen LogP contribution in [-0.4, -0.2) is 37.0 Å². The summed E-state index contributed by atoms with van der Waals surface area (Å²) >= 11 is 0. The highest BCUT2D eigenvalue weighted by Gasteiger charge is 2.30. The van der Waals surface area contributed by atoms with Gasteiger partial charge in [0.1, 0.15) is 5.75 Å². The van der Waals surface area contributed by atoms with E-state index in [9.17, 15) is 23.2 Å². The highest BCUT2D eigenvalue weighted by atomic mass is 19.3. The lowest BCUT2D eigenvalue weighted by Gasteiger charge is -2.27. The van der Waals surface area contributed by atoms with Gasteiger partial charge < -0.3 is 19.7 Å². The van der Waals surface area contributed by atoms with Crippen LogP contribution in [0.15, 0.2) is 48.5 Å². The van der Waals surface area contributed by atoms with Crippen LogP contribution in [0.5, 0.6) is 5.75 Å². The normalized spacial score (nSPS) is 15.9. The Hall–Kier alpha value is -3.49. The molecule has 0 fully saturated rings. The minimum atomic E-state index is -3.02. The number of halogens is 2. The number of carbonyl (C=O) groups is 3. The minimum Gasteiger partial charge on any atom is -0.452 e. The molecule has 1 aliphatic rings. The predicted molar refractivity (Wildman–Crippen MR) is 100.0 cm³/mol. The Labute approximate surface area is 165 Å². The maximum Gasteiger partial charge on any atom is 0.387 e. The van der Waals surface area contributed by atoms with E-state index in [2.05, 4.69) is 10.1 Å². The van der Waals surface area contributed by atoms with Gasteiger partial charge in [-0.15, -0.1) is 0 Å². The number of hydrogen-bond donors (Lipinski definition) is 1. The Bertz CT molecular complexity index is 935. The maximum absolute atomic E-state index is 12.8. The maximum atomic E-state index is 12.8. The molecule has 0 saturated carbocycles. The number of anilines is 2. The molecule has 2 amide bonds. The van der Waals surface area contributed by atoms with Crippen LogP contribution in [-0.2, 0) is 14.3 Å². The molecule has 3 rings (SSSR count). The largest absolute Gasteiger partial charge is 0.452 e. The smallest absolute Gasteiger partial charge is 0.387 e. The van der Waals surface area contributed by atoms with Gasteiger partial charge in [0, 0.05) is 12.5 Å². The Kier molecular flexibility index (Phi) is 6.06. The summed E-state index contributed by atoms with van der Waals surface area (Å²) in [6.45, 7) is -1.89. The summed E-state index contributed by atoms with van der Waals surface area (Å²) in [6.07, 6.45) is 0.0847. The van der Waals surface area contributed by atoms with Gasteiger partial charge in [0.25, 0.3) is 5.91 Å². The van der Waals surface area contributed by atoms with Gasteiger partial charge in [-0.3, -0.25) is 9.59 Å². The first-order valence-corrected chi connectivity index (χ1v) is 8.78. The van der Waals surface area contributed by atoms with Gasteiger partial charge in [-0.1, -0.05) is 18.2 Å². The van der Waals surface area contributed by atoms with Crippen LogP contribution in [0.4, 0.5) is 20.2 Å². The van der Waals surface area contributed by atoms with E-state index in [1.165, 1.54) is 23.1 Å². The molecule has 7 nitrogen and oxygen atoms in total. The number of esters is 1. The molecular formula is C20H18F2N2O5. The molecule has 0 unspecified atom stereocenters. The van der Waals surface area contributed by atoms with Crippen LogP contribution >= 0.6 is 0 Å². The third kappa shape index (κ3) is 4.87. The summed E-state index contributed by atoms with van der Waals surface area (Å²) in [7, 11) is 0. The number of benzene rings is 2. The number of carbonyl (C=O) groups excluding carboxylic acids is 3. The highest BCUT2D eigenvalue weighted by molar-refractivity contribution is 6.05. The summed E-state index contributed by atoms with van der Waals surface area (Å²) < 4.78 is 33.9. The molecule has 0 aromatic heterocycles. The lowest BCUT2D eigenvalue weighted by atomic mass is 10.1. The number of ether oxygens (including phenoxy) is 2. The highest BCUT2D eigenvalue weighted by Crippen LogP contribution is 2.31. The van der Waals surface area contributed by atoms with Gasteiger partial charge in [-0.25, -0.2) is 4.79 Å². The van der Waals surface area contributed by atoms with E-state index in [4.69, 9.17) is 4.74 Å². The second kappa shape index (κ2) is 8.68. The van der Waals surface area contributed by atoms with Crippen molar-refractivity contribution in [2.75, 3.05) is 16.8 Å². The van der Waals surface area contributed by atoms with Crippen LogP contribution in [0, 0.1) is 0 Å². The fraction of sp³-hybridized carbons (Fsp3) is 0.250. The topological polar surface area (TPSA) is 84.9 Å². The molecule has 2 aromatic rings. The van der Waals surface area contributed by atoms with E-state index in [0.29, 0.717) is 11.4 Å². The quantitative estimate of drug-likeness (QED) is 0.774. The number of nitrogens with one attached hydrogen (secondary N) is 1. The van der Waals surface area contributed by atoms with Crippen molar-refractivity contribution in [3.05, 3.63) is 54.1 Å². The van der Waals surface area contributed by atoms with Gasteiger partial charge in [0.15, 0.2) is 6.61 Å². The Morgan fingerprint density at radius 3 is 2.72 bits per heavy atom. The monoisotopic (exact) mass is 404 g/mol. The molecule has 0 bridgehead atoms. The van der Waals surface area contributed by atoms with Gasteiger partial charge in [0.2, 0.25) is 5.91 Å². The van der Waals surface area contributed by atoms with Crippen molar-refractivity contribution >= 4 is 29.2 Å². The van der Waals surface area contributed by atoms with Crippen molar-refractivity contribution in [1.29, 1.82) is 0 Å². The molecule has 0 spiro atoms. The zero-order chi connectivity index (χ0) is 21.0. The lowest BCUT2D eigenvalue weighted by molar-refractivity contribution is -0.122. The Morgan fingerprint density at radius 1 is 1.21 bits per heavy atom. The molecule has 0 radical (unpaired) electrons. The fourth-order valence-corrected chi connectivity index (χ4v) is 3.05. The van der Waals surface area contributed by atoms with Crippen molar-refractivity contribution in [1.82, 2.24) is 0 Å². The summed E-state index contributed by atoms with van der Waals surface area (Å²) in [5, 5.41) is 2.73. The Morgan fingerprint density at radius 2 is 1.97 bits per heavy atom. The van der Waals surface area contributed by atoms with Gasteiger partial charge in [-0.05, 0) is 37.3 Å². The zero-order valence-electron chi connectivity index (χ0n) is 15.4. The molecule has 29 heavy (non-hydrogen) atoms. The molecule has 2 aromatic carbocycles. The van der Waals surface area contributed by atoms with E-state index in [-0.39, 0.29) is 23.6 Å². The van der Waals surface area contributed by atoms with Gasteiger partial charge in [0.05, 0.1) is 16.9 Å². The number of rotatable bonds is 5. The summed E-state index contributed by atoms with van der Waals surface area (Å²) in [5.74, 6) is -1.80. The SMILES string of the molecule is C[C@@H]1CC(=O)Nc2ccccc2N1C(=O)COC(=O)c1cccc(OC(F)F)c1. The van der Waals surface area contributed by atoms with Crippen LogP contribution in [0.1, 0.15) is 23.7 Å². The first-order chi connectivity index (χ1) is 13.8. The number of nitrogens with zero attached hydrogens (tertiary/aromatic N) is 1. The van der Waals surface area contributed by atoms with Crippen molar-refractivity contribution in [2.45, 2.75) is 26.0 Å². The van der Waals surface area contributed by atoms with Crippen LogP contribution in [0.3, 0.4) is 0 Å². The molecule has 152 valence electrons. The molecule has 1 aliphatic heterocycles.